The first-order valence-electron chi connectivity index (χ1n) is 4.16. The van der Waals surface area contributed by atoms with Gasteiger partial charge in [-0.25, -0.2) is 0 Å². The number of hydrogen-bond acceptors (Lipinski definition) is 5. The summed E-state index contributed by atoms with van der Waals surface area (Å²) in [6.45, 7) is 0.110. The van der Waals surface area contributed by atoms with Gasteiger partial charge in [0.15, 0.2) is 0 Å². The molecule has 7 heteroatoms. The molecule has 0 heterocycles. The van der Waals surface area contributed by atoms with E-state index in [1.54, 1.807) is 0 Å². The van der Waals surface area contributed by atoms with Crippen molar-refractivity contribution in [1.82, 2.24) is 0 Å². The molecule has 1 aromatic carbocycles. The Labute approximate surface area is 90.4 Å². The van der Waals surface area contributed by atoms with Gasteiger partial charge in [-0.2, -0.15) is 0 Å². The van der Waals surface area contributed by atoms with Gasteiger partial charge in [0.05, 0.1) is 22.5 Å². The summed E-state index contributed by atoms with van der Waals surface area (Å²) in [7, 11) is 0. The Morgan fingerprint density at radius 1 is 1.31 bits per heavy atom. The van der Waals surface area contributed by atoms with Crippen molar-refractivity contribution in [3.63, 3.8) is 0 Å². The van der Waals surface area contributed by atoms with Gasteiger partial charge in [-0.3, -0.25) is 20.2 Å². The van der Waals surface area contributed by atoms with Crippen LogP contribution in [-0.2, 0) is 0 Å². The molecule has 0 saturated carbocycles. The number of rotatable bonds is 4. The largest absolute Gasteiger partial charge is 0.369 e. The molecule has 1 aromatic rings. The molecule has 0 bridgehead atoms. The highest BCUT2D eigenvalue weighted by atomic mass is 16.6. The van der Waals surface area contributed by atoms with Crippen molar-refractivity contribution in [2.45, 2.75) is 0 Å². The van der Waals surface area contributed by atoms with Crippen LogP contribution in [0.2, 0.25) is 0 Å². The number of anilines is 1. The van der Waals surface area contributed by atoms with Crippen LogP contribution >= 0.6 is 0 Å². The van der Waals surface area contributed by atoms with E-state index in [0.29, 0.717) is 0 Å². The molecule has 0 aliphatic carbocycles. The zero-order chi connectivity index (χ0) is 12.1. The van der Waals surface area contributed by atoms with Crippen molar-refractivity contribution >= 4 is 17.1 Å². The fourth-order valence-corrected chi connectivity index (χ4v) is 1.08. The number of nitro groups is 2. The molecule has 0 saturated heterocycles. The van der Waals surface area contributed by atoms with Crippen LogP contribution in [0.15, 0.2) is 18.2 Å². The van der Waals surface area contributed by atoms with Crippen molar-refractivity contribution < 1.29 is 9.85 Å². The average molecular weight is 221 g/mol. The topological polar surface area (TPSA) is 98.3 Å². The lowest BCUT2D eigenvalue weighted by Crippen LogP contribution is -2.02. The zero-order valence-electron chi connectivity index (χ0n) is 8.04. The van der Waals surface area contributed by atoms with E-state index < -0.39 is 9.85 Å². The summed E-state index contributed by atoms with van der Waals surface area (Å²) in [6, 6.07) is 3.32. The number of terminal acetylenes is 1. The second-order valence-corrected chi connectivity index (χ2v) is 2.77. The third kappa shape index (κ3) is 2.45. The summed E-state index contributed by atoms with van der Waals surface area (Å²) in [5.74, 6) is 2.25. The number of nitro benzene ring substituents is 2. The number of hydrogen-bond donors (Lipinski definition) is 1. The maximum atomic E-state index is 10.7. The highest BCUT2D eigenvalue weighted by Gasteiger charge is 2.18. The Morgan fingerprint density at radius 3 is 2.50 bits per heavy atom. The van der Waals surface area contributed by atoms with Gasteiger partial charge in [0.2, 0.25) is 0 Å². The van der Waals surface area contributed by atoms with E-state index in [-0.39, 0.29) is 23.6 Å². The quantitative estimate of drug-likeness (QED) is 0.472. The molecule has 0 atom stereocenters. The molecule has 1 N–H and O–H groups in total. The molecule has 0 radical (unpaired) electrons. The highest BCUT2D eigenvalue weighted by molar-refractivity contribution is 5.65. The van der Waals surface area contributed by atoms with Gasteiger partial charge in [0.1, 0.15) is 5.69 Å². The van der Waals surface area contributed by atoms with E-state index in [0.717, 1.165) is 6.07 Å². The maximum Gasteiger partial charge on any atom is 0.299 e. The molecule has 1 rings (SSSR count). The van der Waals surface area contributed by atoms with Crippen molar-refractivity contribution in [2.24, 2.45) is 0 Å². The summed E-state index contributed by atoms with van der Waals surface area (Å²) in [5, 5.41) is 23.7. The normalized spacial score (nSPS) is 9.19. The summed E-state index contributed by atoms with van der Waals surface area (Å²) in [6.07, 6.45) is 4.99. The summed E-state index contributed by atoms with van der Waals surface area (Å²) >= 11 is 0. The lowest BCUT2D eigenvalue weighted by molar-refractivity contribution is -0.393. The Morgan fingerprint density at radius 2 is 2.00 bits per heavy atom. The number of non-ortho nitro benzene ring substituents is 1. The van der Waals surface area contributed by atoms with E-state index in [1.807, 2.05) is 0 Å². The summed E-state index contributed by atoms with van der Waals surface area (Å²) in [4.78, 5) is 19.7. The Kier molecular flexibility index (Phi) is 3.40. The van der Waals surface area contributed by atoms with E-state index >= 15 is 0 Å². The average Bonchev–Trinajstić information content (AvgIpc) is 2.25. The smallest absolute Gasteiger partial charge is 0.299 e. The first kappa shape index (κ1) is 11.5. The van der Waals surface area contributed by atoms with Gasteiger partial charge >= 0.3 is 0 Å². The highest BCUT2D eigenvalue weighted by Crippen LogP contribution is 2.28. The van der Waals surface area contributed by atoms with Crippen LogP contribution in [0, 0.1) is 32.6 Å². The van der Waals surface area contributed by atoms with Crippen molar-refractivity contribution in [3.8, 4) is 12.3 Å². The van der Waals surface area contributed by atoms with E-state index in [9.17, 15) is 20.2 Å². The van der Waals surface area contributed by atoms with Gasteiger partial charge in [-0.1, -0.05) is 5.92 Å². The Hall–Kier alpha value is -2.62. The van der Waals surface area contributed by atoms with Crippen LogP contribution in [0.25, 0.3) is 0 Å². The predicted octanol–water partition coefficient (Wildman–Crippen LogP) is 1.55. The van der Waals surface area contributed by atoms with Gasteiger partial charge in [0, 0.05) is 6.07 Å². The summed E-state index contributed by atoms with van der Waals surface area (Å²) < 4.78 is 0. The first-order chi connectivity index (χ1) is 7.56. The zero-order valence-corrected chi connectivity index (χ0v) is 8.04. The molecule has 0 unspecified atom stereocenters. The molecule has 0 aliphatic heterocycles. The second kappa shape index (κ2) is 4.75. The molecule has 0 amide bonds. The van der Waals surface area contributed by atoms with Gasteiger partial charge < -0.3 is 5.32 Å². The van der Waals surface area contributed by atoms with Crippen LogP contribution in [0.4, 0.5) is 17.1 Å². The molecular formula is C9H7N3O4. The standard InChI is InChI=1S/C9H7N3O4/c1-2-5-10-8-4-3-7(11(13)14)6-9(8)12(15)16/h1,3-4,6,10H,5H2. The fourth-order valence-electron chi connectivity index (χ4n) is 1.08. The van der Waals surface area contributed by atoms with Crippen LogP contribution < -0.4 is 5.32 Å². The van der Waals surface area contributed by atoms with Crippen molar-refractivity contribution in [2.75, 3.05) is 11.9 Å². The number of nitrogens with one attached hydrogen (secondary N) is 1. The number of benzene rings is 1. The molecule has 0 aromatic heterocycles. The van der Waals surface area contributed by atoms with E-state index in [4.69, 9.17) is 6.42 Å². The third-order valence-electron chi connectivity index (χ3n) is 1.77. The minimum atomic E-state index is -0.703. The van der Waals surface area contributed by atoms with Gasteiger partial charge in [0.25, 0.3) is 11.4 Å². The van der Waals surface area contributed by atoms with Gasteiger partial charge in [-0.05, 0) is 6.07 Å². The van der Waals surface area contributed by atoms with Crippen molar-refractivity contribution in [1.29, 1.82) is 0 Å². The van der Waals surface area contributed by atoms with E-state index in [2.05, 4.69) is 11.2 Å². The SMILES string of the molecule is C#CCNc1ccc([N+](=O)[O-])cc1[N+](=O)[O-]. The van der Waals surface area contributed by atoms with E-state index in [1.165, 1.54) is 12.1 Å². The van der Waals surface area contributed by atoms with Crippen LogP contribution in [0.5, 0.6) is 0 Å². The third-order valence-corrected chi connectivity index (χ3v) is 1.77. The summed E-state index contributed by atoms with van der Waals surface area (Å²) in [5.41, 5.74) is -0.545. The molecular weight excluding hydrogens is 214 g/mol. The Bertz CT molecular complexity index is 478. The molecule has 16 heavy (non-hydrogen) atoms. The monoisotopic (exact) mass is 221 g/mol. The Balaban J connectivity index is 3.15. The maximum absolute atomic E-state index is 10.7. The molecule has 0 spiro atoms. The molecule has 82 valence electrons. The van der Waals surface area contributed by atoms with Crippen LogP contribution in [-0.4, -0.2) is 16.4 Å². The fraction of sp³-hybridized carbons (Fsp3) is 0.111. The van der Waals surface area contributed by atoms with Crippen LogP contribution in [0.1, 0.15) is 0 Å². The molecule has 0 fully saturated rings. The van der Waals surface area contributed by atoms with Crippen molar-refractivity contribution in [3.05, 3.63) is 38.4 Å². The molecule has 7 nitrogen and oxygen atoms in total. The van der Waals surface area contributed by atoms with Crippen LogP contribution in [0.3, 0.4) is 0 Å². The lowest BCUT2D eigenvalue weighted by Gasteiger charge is -2.02. The minimum absolute atomic E-state index is 0.110. The lowest BCUT2D eigenvalue weighted by atomic mass is 10.2. The minimum Gasteiger partial charge on any atom is -0.369 e. The first-order valence-corrected chi connectivity index (χ1v) is 4.16. The van der Waals surface area contributed by atoms with Gasteiger partial charge in [-0.15, -0.1) is 6.42 Å². The second-order valence-electron chi connectivity index (χ2n) is 2.77. The molecule has 0 aliphatic rings. The predicted molar refractivity (Wildman–Crippen MR) is 57.1 cm³/mol. The number of nitrogens with zero attached hydrogens (tertiary/aromatic N) is 2.